The number of nitrogens with zero attached hydrogens (tertiary/aromatic N) is 2. The first-order valence-corrected chi connectivity index (χ1v) is 11.9. The monoisotopic (exact) mass is 507 g/mol. The highest BCUT2D eigenvalue weighted by molar-refractivity contribution is 9.10. The fourth-order valence-corrected chi connectivity index (χ4v) is 4.79. The number of thioether (sulfide) groups is 1. The number of nitrogens with one attached hydrogen (secondary N) is 1. The second-order valence-electron chi connectivity index (χ2n) is 7.64. The summed E-state index contributed by atoms with van der Waals surface area (Å²) in [5.74, 6) is -0.0107. The molecule has 1 aromatic heterocycles. The van der Waals surface area contributed by atoms with Crippen molar-refractivity contribution in [1.29, 1.82) is 0 Å². The van der Waals surface area contributed by atoms with Crippen molar-refractivity contribution in [2.45, 2.75) is 25.9 Å². The fraction of sp³-hybridized carbons (Fsp3) is 0.160. The SMILES string of the molecule is Cc1cc(C)c(NC(=O)CSc2nc3ccccc3c(=O)n2-c2ccc(Br)cc2)c(C)c1. The highest BCUT2D eigenvalue weighted by Crippen LogP contribution is 2.25. The molecule has 3 aromatic carbocycles. The maximum Gasteiger partial charge on any atom is 0.266 e. The number of carbonyl (C=O) groups is 1. The van der Waals surface area contributed by atoms with Crippen molar-refractivity contribution in [3.05, 3.63) is 92.2 Å². The molecule has 5 nitrogen and oxygen atoms in total. The van der Waals surface area contributed by atoms with Crippen LogP contribution < -0.4 is 10.9 Å². The molecule has 4 aromatic rings. The molecule has 0 saturated heterocycles. The summed E-state index contributed by atoms with van der Waals surface area (Å²) in [6.07, 6.45) is 0. The van der Waals surface area contributed by atoms with Crippen LogP contribution in [0.2, 0.25) is 0 Å². The molecular weight excluding hydrogens is 486 g/mol. The fourth-order valence-electron chi connectivity index (χ4n) is 3.71. The van der Waals surface area contributed by atoms with Crippen LogP contribution in [0.4, 0.5) is 5.69 Å². The number of aromatic nitrogens is 2. The van der Waals surface area contributed by atoms with Crippen LogP contribution in [0, 0.1) is 20.8 Å². The van der Waals surface area contributed by atoms with Gasteiger partial charge in [-0.2, -0.15) is 0 Å². The molecule has 1 N–H and O–H groups in total. The molecular formula is C25H22BrN3O2S. The molecule has 4 rings (SSSR count). The molecule has 0 radical (unpaired) electrons. The minimum Gasteiger partial charge on any atom is -0.325 e. The first kappa shape index (κ1) is 22.3. The van der Waals surface area contributed by atoms with Gasteiger partial charge in [-0.15, -0.1) is 0 Å². The van der Waals surface area contributed by atoms with E-state index in [4.69, 9.17) is 4.98 Å². The maximum absolute atomic E-state index is 13.3. The lowest BCUT2D eigenvalue weighted by Crippen LogP contribution is -2.23. The van der Waals surface area contributed by atoms with Gasteiger partial charge in [0.05, 0.1) is 22.3 Å². The Hall–Kier alpha value is -2.90. The van der Waals surface area contributed by atoms with Crippen LogP contribution in [-0.2, 0) is 4.79 Å². The molecule has 0 aliphatic carbocycles. The smallest absolute Gasteiger partial charge is 0.266 e. The summed E-state index contributed by atoms with van der Waals surface area (Å²) in [6.45, 7) is 6.01. The Kier molecular flexibility index (Phi) is 6.48. The second kappa shape index (κ2) is 9.30. The van der Waals surface area contributed by atoms with Crippen LogP contribution in [0.25, 0.3) is 16.6 Å². The molecule has 0 atom stereocenters. The lowest BCUT2D eigenvalue weighted by Gasteiger charge is -2.15. The van der Waals surface area contributed by atoms with E-state index in [0.717, 1.165) is 26.9 Å². The second-order valence-corrected chi connectivity index (χ2v) is 9.50. The van der Waals surface area contributed by atoms with Crippen LogP contribution in [0.15, 0.2) is 75.1 Å². The number of halogens is 1. The third kappa shape index (κ3) is 4.64. The number of amides is 1. The minimum absolute atomic E-state index is 0.133. The van der Waals surface area contributed by atoms with E-state index in [1.807, 2.05) is 75.4 Å². The van der Waals surface area contributed by atoms with Crippen molar-refractivity contribution < 1.29 is 4.79 Å². The van der Waals surface area contributed by atoms with Gasteiger partial charge in [0.1, 0.15) is 0 Å². The molecule has 1 amide bonds. The first-order valence-electron chi connectivity index (χ1n) is 10.1. The van der Waals surface area contributed by atoms with Gasteiger partial charge in [0, 0.05) is 10.2 Å². The van der Waals surface area contributed by atoms with Gasteiger partial charge in [-0.05, 0) is 68.3 Å². The molecule has 0 bridgehead atoms. The highest BCUT2D eigenvalue weighted by Gasteiger charge is 2.16. The Labute approximate surface area is 199 Å². The minimum atomic E-state index is -0.161. The molecule has 0 unspecified atom stereocenters. The van der Waals surface area contributed by atoms with Gasteiger partial charge in [0.2, 0.25) is 5.91 Å². The van der Waals surface area contributed by atoms with Crippen molar-refractivity contribution in [2.75, 3.05) is 11.1 Å². The lowest BCUT2D eigenvalue weighted by atomic mass is 10.1. The molecule has 32 heavy (non-hydrogen) atoms. The van der Waals surface area contributed by atoms with Crippen molar-refractivity contribution in [2.24, 2.45) is 0 Å². The molecule has 0 aliphatic rings. The van der Waals surface area contributed by atoms with Gasteiger partial charge >= 0.3 is 0 Å². The maximum atomic E-state index is 13.3. The summed E-state index contributed by atoms with van der Waals surface area (Å²) >= 11 is 4.68. The predicted molar refractivity (Wildman–Crippen MR) is 135 cm³/mol. The van der Waals surface area contributed by atoms with E-state index in [9.17, 15) is 9.59 Å². The Balaban J connectivity index is 1.67. The van der Waals surface area contributed by atoms with Crippen LogP contribution in [-0.4, -0.2) is 21.2 Å². The van der Waals surface area contributed by atoms with Crippen LogP contribution in [0.1, 0.15) is 16.7 Å². The van der Waals surface area contributed by atoms with E-state index < -0.39 is 0 Å². The highest BCUT2D eigenvalue weighted by atomic mass is 79.9. The van der Waals surface area contributed by atoms with Crippen molar-refractivity contribution in [1.82, 2.24) is 9.55 Å². The van der Waals surface area contributed by atoms with Gasteiger partial charge in [0.25, 0.3) is 5.56 Å². The number of anilines is 1. The van der Waals surface area contributed by atoms with E-state index in [0.29, 0.717) is 21.7 Å². The zero-order valence-corrected chi connectivity index (χ0v) is 20.4. The quantitative estimate of drug-likeness (QED) is 0.273. The molecule has 0 aliphatic heterocycles. The van der Waals surface area contributed by atoms with Gasteiger partial charge in [0.15, 0.2) is 5.16 Å². The van der Waals surface area contributed by atoms with Gasteiger partial charge in [-0.1, -0.05) is 57.5 Å². The van der Waals surface area contributed by atoms with E-state index in [2.05, 4.69) is 21.2 Å². The third-order valence-electron chi connectivity index (χ3n) is 5.10. The number of hydrogen-bond acceptors (Lipinski definition) is 4. The summed E-state index contributed by atoms with van der Waals surface area (Å²) in [4.78, 5) is 30.7. The largest absolute Gasteiger partial charge is 0.325 e. The summed E-state index contributed by atoms with van der Waals surface area (Å²) in [6, 6.07) is 18.8. The van der Waals surface area contributed by atoms with Crippen LogP contribution >= 0.6 is 27.7 Å². The van der Waals surface area contributed by atoms with E-state index >= 15 is 0 Å². The van der Waals surface area contributed by atoms with Crippen molar-refractivity contribution >= 4 is 50.2 Å². The topological polar surface area (TPSA) is 64.0 Å². The Bertz CT molecular complexity index is 1360. The zero-order chi connectivity index (χ0) is 22.8. The van der Waals surface area contributed by atoms with Gasteiger partial charge in [-0.3, -0.25) is 14.2 Å². The lowest BCUT2D eigenvalue weighted by molar-refractivity contribution is -0.113. The first-order chi connectivity index (χ1) is 15.3. The molecule has 162 valence electrons. The van der Waals surface area contributed by atoms with Gasteiger partial charge in [-0.25, -0.2) is 4.98 Å². The number of fused-ring (bicyclic) bond motifs is 1. The Morgan fingerprint density at radius 2 is 1.69 bits per heavy atom. The number of rotatable bonds is 5. The number of hydrogen-bond donors (Lipinski definition) is 1. The third-order valence-corrected chi connectivity index (χ3v) is 6.57. The Morgan fingerprint density at radius 3 is 2.38 bits per heavy atom. The summed E-state index contributed by atoms with van der Waals surface area (Å²) in [5, 5.41) is 4.03. The summed E-state index contributed by atoms with van der Waals surface area (Å²) in [5.41, 5.74) is 5.19. The van der Waals surface area contributed by atoms with Gasteiger partial charge < -0.3 is 5.32 Å². The number of benzene rings is 3. The van der Waals surface area contributed by atoms with E-state index in [-0.39, 0.29) is 17.2 Å². The standard InChI is InChI=1S/C25H22BrN3O2S/c1-15-12-16(2)23(17(3)13-15)28-22(30)14-32-25-27-21-7-5-4-6-20(21)24(31)29(25)19-10-8-18(26)9-11-19/h4-13H,14H2,1-3H3,(H,28,30). The van der Waals surface area contributed by atoms with Crippen LogP contribution in [0.5, 0.6) is 0 Å². The number of aryl methyl sites for hydroxylation is 3. The van der Waals surface area contributed by atoms with E-state index in [1.165, 1.54) is 11.8 Å². The molecule has 0 spiro atoms. The van der Waals surface area contributed by atoms with Crippen molar-refractivity contribution in [3.63, 3.8) is 0 Å². The summed E-state index contributed by atoms with van der Waals surface area (Å²) < 4.78 is 2.48. The molecule has 1 heterocycles. The number of para-hydroxylation sites is 1. The van der Waals surface area contributed by atoms with Crippen molar-refractivity contribution in [3.8, 4) is 5.69 Å². The van der Waals surface area contributed by atoms with Crippen LogP contribution in [0.3, 0.4) is 0 Å². The normalized spacial score (nSPS) is 11.0. The zero-order valence-electron chi connectivity index (χ0n) is 18.0. The summed E-state index contributed by atoms with van der Waals surface area (Å²) in [7, 11) is 0. The molecule has 0 fully saturated rings. The average Bonchev–Trinajstić information content (AvgIpc) is 2.76. The van der Waals surface area contributed by atoms with E-state index in [1.54, 1.807) is 10.6 Å². The molecule has 0 saturated carbocycles. The Morgan fingerprint density at radius 1 is 1.03 bits per heavy atom. The molecule has 7 heteroatoms. The predicted octanol–water partition coefficient (Wildman–Crippen LogP) is 5.80. The number of carbonyl (C=O) groups excluding carboxylic acids is 1. The average molecular weight is 508 g/mol.